The van der Waals surface area contributed by atoms with Crippen LogP contribution in [0.4, 0.5) is 14.9 Å². The molecule has 1 aliphatic rings. The lowest BCUT2D eigenvalue weighted by Gasteiger charge is -2.35. The van der Waals surface area contributed by atoms with Crippen molar-refractivity contribution < 1.29 is 18.4 Å². The van der Waals surface area contributed by atoms with Crippen LogP contribution >= 0.6 is 0 Å². The van der Waals surface area contributed by atoms with Gasteiger partial charge in [0.25, 0.3) is 5.89 Å². The predicted molar refractivity (Wildman–Crippen MR) is 135 cm³/mol. The Morgan fingerprint density at radius 2 is 1.83 bits per heavy atom. The number of carbonyl (C=O) groups excluding carboxylic acids is 1. The molecule has 0 radical (unpaired) electrons. The molecular weight excluding hydrogens is 459 g/mol. The van der Waals surface area contributed by atoms with Crippen molar-refractivity contribution in [1.82, 2.24) is 15.5 Å². The van der Waals surface area contributed by atoms with Gasteiger partial charge in [-0.25, -0.2) is 9.18 Å². The van der Waals surface area contributed by atoms with E-state index in [1.54, 1.807) is 36.4 Å². The number of nitrogens with one attached hydrogen (secondary N) is 1. The highest BCUT2D eigenvalue weighted by molar-refractivity contribution is 6.01. The number of benzene rings is 3. The number of hydrogen-bond acceptors (Lipinski definition) is 5. The first kappa shape index (κ1) is 23.3. The Bertz CT molecular complexity index is 1450. The van der Waals surface area contributed by atoms with Crippen LogP contribution < -0.4 is 15.0 Å². The van der Waals surface area contributed by atoms with Gasteiger partial charge in [0.1, 0.15) is 11.6 Å². The summed E-state index contributed by atoms with van der Waals surface area (Å²) in [4.78, 5) is 19.5. The number of rotatable bonds is 6. The van der Waals surface area contributed by atoms with E-state index in [0.717, 1.165) is 11.1 Å². The first-order valence-corrected chi connectivity index (χ1v) is 11.7. The Kier molecular flexibility index (Phi) is 6.25. The van der Waals surface area contributed by atoms with Gasteiger partial charge in [0.2, 0.25) is 5.82 Å². The molecule has 8 heteroatoms. The van der Waals surface area contributed by atoms with Crippen LogP contribution in [-0.4, -0.2) is 22.8 Å². The molecule has 1 N–H and O–H groups in total. The average Bonchev–Trinajstić information content (AvgIpc) is 3.35. The molecule has 2 amide bonds. The van der Waals surface area contributed by atoms with Crippen LogP contribution in [0.3, 0.4) is 0 Å². The second-order valence-electron chi connectivity index (χ2n) is 8.49. The molecule has 0 aliphatic carbocycles. The summed E-state index contributed by atoms with van der Waals surface area (Å²) in [6, 6.07) is 20.1. The van der Waals surface area contributed by atoms with Gasteiger partial charge >= 0.3 is 6.03 Å². The first-order chi connectivity index (χ1) is 17.4. The van der Waals surface area contributed by atoms with Crippen molar-refractivity contribution in [3.05, 3.63) is 101 Å². The van der Waals surface area contributed by atoms with Gasteiger partial charge in [-0.15, -0.1) is 0 Å². The second kappa shape index (κ2) is 9.65. The Labute approximate surface area is 208 Å². The highest BCUT2D eigenvalue weighted by Crippen LogP contribution is 2.39. The zero-order valence-corrected chi connectivity index (χ0v) is 20.2. The van der Waals surface area contributed by atoms with Crippen molar-refractivity contribution in [3.8, 4) is 17.1 Å². The van der Waals surface area contributed by atoms with E-state index in [9.17, 15) is 9.18 Å². The number of ether oxygens (including phenoxy) is 1. The van der Waals surface area contributed by atoms with Gasteiger partial charge in [0, 0.05) is 11.3 Å². The van der Waals surface area contributed by atoms with Crippen LogP contribution in [0, 0.1) is 12.7 Å². The highest BCUT2D eigenvalue weighted by atomic mass is 19.1. The molecule has 1 unspecified atom stereocenters. The van der Waals surface area contributed by atoms with Crippen LogP contribution in [0.15, 0.2) is 83.0 Å². The number of amides is 2. The quantitative estimate of drug-likeness (QED) is 0.348. The van der Waals surface area contributed by atoms with Crippen LogP contribution in [0.2, 0.25) is 0 Å². The lowest BCUT2D eigenvalue weighted by molar-refractivity contribution is 0.244. The molecule has 0 fully saturated rings. The minimum atomic E-state index is -0.682. The van der Waals surface area contributed by atoms with Crippen molar-refractivity contribution in [2.75, 3.05) is 11.5 Å². The zero-order valence-electron chi connectivity index (χ0n) is 20.2. The molecule has 1 aliphatic heterocycles. The second-order valence-corrected chi connectivity index (χ2v) is 8.49. The summed E-state index contributed by atoms with van der Waals surface area (Å²) < 4.78 is 25.4. The fourth-order valence-corrected chi connectivity index (χ4v) is 4.36. The maximum atomic E-state index is 14.1. The van der Waals surface area contributed by atoms with E-state index >= 15 is 0 Å². The lowest BCUT2D eigenvalue weighted by Crippen LogP contribution is -2.46. The minimum absolute atomic E-state index is 0.245. The summed E-state index contributed by atoms with van der Waals surface area (Å²) in [7, 11) is 0. The normalized spacial score (nSPS) is 15.7. The number of halogens is 1. The van der Waals surface area contributed by atoms with E-state index < -0.39 is 11.9 Å². The van der Waals surface area contributed by atoms with E-state index in [1.165, 1.54) is 17.0 Å². The van der Waals surface area contributed by atoms with Crippen LogP contribution in [0.5, 0.6) is 5.75 Å². The van der Waals surface area contributed by atoms with Gasteiger partial charge in [-0.3, -0.25) is 4.90 Å². The molecule has 182 valence electrons. The topological polar surface area (TPSA) is 80.5 Å². The van der Waals surface area contributed by atoms with Gasteiger partial charge in [-0.2, -0.15) is 4.98 Å². The third-order valence-electron chi connectivity index (χ3n) is 6.01. The number of hydrogen-bond donors (Lipinski definition) is 1. The summed E-state index contributed by atoms with van der Waals surface area (Å²) in [5.41, 5.74) is 4.27. The average molecular weight is 485 g/mol. The number of nitrogens with zero attached hydrogens (tertiary/aromatic N) is 3. The summed E-state index contributed by atoms with van der Waals surface area (Å²) in [6.07, 6.45) is 0. The van der Waals surface area contributed by atoms with Gasteiger partial charge in [-0.05, 0) is 68.8 Å². The molecule has 0 spiro atoms. The van der Waals surface area contributed by atoms with E-state index in [1.807, 2.05) is 45.0 Å². The number of allylic oxidation sites excluding steroid dienone is 1. The van der Waals surface area contributed by atoms with Gasteiger partial charge in [0.15, 0.2) is 0 Å². The monoisotopic (exact) mass is 484 g/mol. The standard InChI is InChI=1S/C28H25FN4O3/c1-4-35-23-13-11-22(12-14-23)33-18(3)24(25(30-28(33)34)19-8-6-10-21(29)16-19)27-31-26(32-36-27)20-9-5-7-17(2)15-20/h5-16,25H,4H2,1-3H3,(H,30,34). The molecule has 0 saturated heterocycles. The van der Waals surface area contributed by atoms with Gasteiger partial charge in [-0.1, -0.05) is 41.1 Å². The van der Waals surface area contributed by atoms with Crippen molar-refractivity contribution in [1.29, 1.82) is 0 Å². The smallest absolute Gasteiger partial charge is 0.326 e. The number of carbonyl (C=O) groups is 1. The molecule has 5 rings (SSSR count). The fraction of sp³-hybridized carbons (Fsp3) is 0.179. The summed E-state index contributed by atoms with van der Waals surface area (Å²) >= 11 is 0. The van der Waals surface area contributed by atoms with E-state index in [2.05, 4.69) is 15.5 Å². The number of aryl methyl sites for hydroxylation is 1. The van der Waals surface area contributed by atoms with Crippen molar-refractivity contribution in [2.45, 2.75) is 26.8 Å². The maximum Gasteiger partial charge on any atom is 0.326 e. The summed E-state index contributed by atoms with van der Waals surface area (Å²) in [5, 5.41) is 7.18. The molecule has 3 aromatic carbocycles. The lowest BCUT2D eigenvalue weighted by atomic mass is 9.94. The van der Waals surface area contributed by atoms with Crippen LogP contribution in [-0.2, 0) is 0 Å². The third kappa shape index (κ3) is 4.45. The predicted octanol–water partition coefficient (Wildman–Crippen LogP) is 6.28. The number of urea groups is 1. The molecule has 36 heavy (non-hydrogen) atoms. The van der Waals surface area contributed by atoms with E-state index in [0.29, 0.717) is 40.7 Å². The Morgan fingerprint density at radius 3 is 2.56 bits per heavy atom. The Hall–Kier alpha value is -4.46. The molecule has 0 bridgehead atoms. The molecule has 4 aromatic rings. The van der Waals surface area contributed by atoms with E-state index in [4.69, 9.17) is 9.26 Å². The SMILES string of the molecule is CCOc1ccc(N2C(=O)NC(c3cccc(F)c3)C(c3nc(-c4cccc(C)c4)no3)=C2C)cc1. The van der Waals surface area contributed by atoms with Crippen molar-refractivity contribution >= 4 is 17.3 Å². The zero-order chi connectivity index (χ0) is 25.2. The largest absolute Gasteiger partial charge is 0.494 e. The van der Waals surface area contributed by atoms with Crippen LogP contribution in [0.1, 0.15) is 36.9 Å². The molecule has 2 heterocycles. The third-order valence-corrected chi connectivity index (χ3v) is 6.01. The number of aromatic nitrogens is 2. The molecule has 1 aromatic heterocycles. The van der Waals surface area contributed by atoms with Crippen molar-refractivity contribution in [3.63, 3.8) is 0 Å². The molecule has 1 atom stereocenters. The Balaban J connectivity index is 1.63. The first-order valence-electron chi connectivity index (χ1n) is 11.7. The molecule has 0 saturated carbocycles. The minimum Gasteiger partial charge on any atom is -0.494 e. The highest BCUT2D eigenvalue weighted by Gasteiger charge is 2.36. The molecular formula is C28H25FN4O3. The Morgan fingerprint density at radius 1 is 1.06 bits per heavy atom. The van der Waals surface area contributed by atoms with Gasteiger partial charge < -0.3 is 14.6 Å². The summed E-state index contributed by atoms with van der Waals surface area (Å²) in [6.45, 7) is 6.26. The summed E-state index contributed by atoms with van der Waals surface area (Å²) in [5.74, 6) is 0.974. The maximum absolute atomic E-state index is 14.1. The van der Waals surface area contributed by atoms with Gasteiger partial charge in [0.05, 0.1) is 23.9 Å². The number of anilines is 1. The van der Waals surface area contributed by atoms with E-state index in [-0.39, 0.29) is 11.9 Å². The molecule has 7 nitrogen and oxygen atoms in total. The fourth-order valence-electron chi connectivity index (χ4n) is 4.36. The van der Waals surface area contributed by atoms with Crippen LogP contribution in [0.25, 0.3) is 17.0 Å². The van der Waals surface area contributed by atoms with Crippen molar-refractivity contribution in [2.24, 2.45) is 0 Å².